The molecule has 1 aliphatic rings. The number of nitrogens with zero attached hydrogens (tertiary/aromatic N) is 1. The van der Waals surface area contributed by atoms with Crippen molar-refractivity contribution in [2.45, 2.75) is 18.7 Å². The fourth-order valence-electron chi connectivity index (χ4n) is 2.96. The predicted octanol–water partition coefficient (Wildman–Crippen LogP) is 3.50. The molecule has 3 rings (SSSR count). The quantitative estimate of drug-likeness (QED) is 0.455. The molecule has 0 radical (unpaired) electrons. The third kappa shape index (κ3) is 5.44. The van der Waals surface area contributed by atoms with Gasteiger partial charge >= 0.3 is 10.1 Å². The number of hydrogen-bond acceptors (Lipinski definition) is 8. The standard InChI is InChI=1S/C21H22N2O6S2.ClH/c1-13-4-5-14(2)19(10-13)31(26,27)29-16-7-6-15(11-17(16)28-3)12-18-20(24)23(9-8-22)21(25)30-18;/h4-7,10-12H,8-9,22H2,1-3H3;1H/b18-12-;. The molecule has 0 unspecified atom stereocenters. The molecule has 2 N–H and O–H groups in total. The molecule has 11 heteroatoms. The van der Waals surface area contributed by atoms with Gasteiger partial charge in [0.15, 0.2) is 11.5 Å². The van der Waals surface area contributed by atoms with E-state index in [9.17, 15) is 18.0 Å². The van der Waals surface area contributed by atoms with Crippen molar-refractivity contribution in [3.05, 3.63) is 58.0 Å². The van der Waals surface area contributed by atoms with Gasteiger partial charge in [0.2, 0.25) is 0 Å². The Labute approximate surface area is 197 Å². The predicted molar refractivity (Wildman–Crippen MR) is 126 cm³/mol. The van der Waals surface area contributed by atoms with E-state index in [4.69, 9.17) is 14.7 Å². The van der Waals surface area contributed by atoms with Gasteiger partial charge in [-0.15, -0.1) is 12.4 Å². The largest absolute Gasteiger partial charge is 0.493 e. The number of carbonyl (C=O) groups excluding carboxylic acids is 2. The fraction of sp³-hybridized carbons (Fsp3) is 0.238. The van der Waals surface area contributed by atoms with Gasteiger partial charge in [-0.2, -0.15) is 8.42 Å². The molecule has 0 aliphatic carbocycles. The zero-order chi connectivity index (χ0) is 22.8. The highest BCUT2D eigenvalue weighted by Gasteiger charge is 2.34. The highest BCUT2D eigenvalue weighted by Crippen LogP contribution is 2.35. The minimum absolute atomic E-state index is 0. The SMILES string of the molecule is COc1cc(/C=C2\SC(=O)N(CCN)C2=O)ccc1OS(=O)(=O)c1cc(C)ccc1C.Cl. The van der Waals surface area contributed by atoms with Crippen molar-refractivity contribution in [2.24, 2.45) is 5.73 Å². The molecular formula is C21H23ClN2O6S2. The molecule has 1 saturated heterocycles. The van der Waals surface area contributed by atoms with E-state index in [0.29, 0.717) is 11.1 Å². The van der Waals surface area contributed by atoms with Crippen molar-refractivity contribution < 1.29 is 26.9 Å². The monoisotopic (exact) mass is 498 g/mol. The van der Waals surface area contributed by atoms with E-state index in [0.717, 1.165) is 22.2 Å². The number of methoxy groups -OCH3 is 1. The van der Waals surface area contributed by atoms with Gasteiger partial charge in [-0.1, -0.05) is 18.2 Å². The number of nitrogens with two attached hydrogens (primary N) is 1. The molecule has 8 nitrogen and oxygen atoms in total. The smallest absolute Gasteiger partial charge is 0.339 e. The van der Waals surface area contributed by atoms with Crippen molar-refractivity contribution in [1.29, 1.82) is 0 Å². The third-order valence-electron chi connectivity index (χ3n) is 4.52. The number of imide groups is 1. The van der Waals surface area contributed by atoms with Crippen LogP contribution < -0.4 is 14.7 Å². The van der Waals surface area contributed by atoms with Gasteiger partial charge in [-0.25, -0.2) is 0 Å². The summed E-state index contributed by atoms with van der Waals surface area (Å²) in [7, 11) is -2.70. The number of hydrogen-bond donors (Lipinski definition) is 1. The summed E-state index contributed by atoms with van der Waals surface area (Å²) in [6.07, 6.45) is 1.53. The highest BCUT2D eigenvalue weighted by atomic mass is 35.5. The van der Waals surface area contributed by atoms with Crippen molar-refractivity contribution >= 4 is 51.5 Å². The Bertz CT molecular complexity index is 1180. The lowest BCUT2D eigenvalue weighted by Crippen LogP contribution is -2.33. The first kappa shape index (κ1) is 25.7. The molecule has 0 aromatic heterocycles. The molecular weight excluding hydrogens is 476 g/mol. The van der Waals surface area contributed by atoms with E-state index in [2.05, 4.69) is 0 Å². The number of halogens is 1. The second-order valence-electron chi connectivity index (χ2n) is 6.84. The van der Waals surface area contributed by atoms with Crippen LogP contribution in [0.2, 0.25) is 0 Å². The average Bonchev–Trinajstić information content (AvgIpc) is 2.98. The molecule has 0 spiro atoms. The number of carbonyl (C=O) groups is 2. The molecule has 32 heavy (non-hydrogen) atoms. The van der Waals surface area contributed by atoms with Gasteiger partial charge < -0.3 is 14.7 Å². The molecule has 1 fully saturated rings. The van der Waals surface area contributed by atoms with E-state index in [1.54, 1.807) is 32.0 Å². The maximum absolute atomic E-state index is 12.8. The summed E-state index contributed by atoms with van der Waals surface area (Å²) in [6, 6.07) is 9.63. The minimum Gasteiger partial charge on any atom is -0.493 e. The van der Waals surface area contributed by atoms with Gasteiger partial charge in [-0.05, 0) is 66.6 Å². The average molecular weight is 499 g/mol. The number of aryl methyl sites for hydroxylation is 2. The Morgan fingerprint density at radius 1 is 1.09 bits per heavy atom. The first-order valence-corrected chi connectivity index (χ1v) is 11.5. The number of rotatable bonds is 7. The van der Waals surface area contributed by atoms with Crippen LogP contribution in [-0.2, 0) is 14.9 Å². The normalized spacial score (nSPS) is 15.1. The number of amides is 2. The zero-order valence-electron chi connectivity index (χ0n) is 17.7. The summed E-state index contributed by atoms with van der Waals surface area (Å²) in [4.78, 5) is 25.7. The molecule has 1 heterocycles. The van der Waals surface area contributed by atoms with Crippen LogP contribution in [0.3, 0.4) is 0 Å². The molecule has 2 aromatic carbocycles. The van der Waals surface area contributed by atoms with Crippen LogP contribution in [0.1, 0.15) is 16.7 Å². The van der Waals surface area contributed by atoms with Crippen LogP contribution in [0.15, 0.2) is 46.2 Å². The van der Waals surface area contributed by atoms with Gasteiger partial charge in [0, 0.05) is 13.1 Å². The van der Waals surface area contributed by atoms with E-state index in [1.807, 2.05) is 6.07 Å². The minimum atomic E-state index is -4.08. The van der Waals surface area contributed by atoms with E-state index < -0.39 is 16.0 Å². The molecule has 1 aliphatic heterocycles. The number of ether oxygens (including phenoxy) is 1. The number of benzene rings is 2. The summed E-state index contributed by atoms with van der Waals surface area (Å²) in [6.45, 7) is 3.81. The Morgan fingerprint density at radius 3 is 2.47 bits per heavy atom. The van der Waals surface area contributed by atoms with Crippen LogP contribution in [0, 0.1) is 13.8 Å². The molecule has 172 valence electrons. The maximum Gasteiger partial charge on any atom is 0.339 e. The van der Waals surface area contributed by atoms with Crippen molar-refractivity contribution in [3.8, 4) is 11.5 Å². The molecule has 0 saturated carbocycles. The highest BCUT2D eigenvalue weighted by molar-refractivity contribution is 8.18. The van der Waals surface area contributed by atoms with Gasteiger partial charge in [0.25, 0.3) is 11.1 Å². The second-order valence-corrected chi connectivity index (χ2v) is 9.35. The molecule has 2 aromatic rings. The van der Waals surface area contributed by atoms with Crippen LogP contribution >= 0.6 is 24.2 Å². The second kappa shape index (κ2) is 10.4. The Balaban J connectivity index is 0.00000363. The summed E-state index contributed by atoms with van der Waals surface area (Å²) < 4.78 is 36.2. The zero-order valence-corrected chi connectivity index (χ0v) is 20.1. The van der Waals surface area contributed by atoms with Crippen molar-refractivity contribution in [2.75, 3.05) is 20.2 Å². The van der Waals surface area contributed by atoms with E-state index >= 15 is 0 Å². The molecule has 0 atom stereocenters. The maximum atomic E-state index is 12.8. The first-order chi connectivity index (χ1) is 14.7. The molecule has 2 amide bonds. The van der Waals surface area contributed by atoms with Gasteiger partial charge in [-0.3, -0.25) is 14.5 Å². The van der Waals surface area contributed by atoms with Crippen LogP contribution in [-0.4, -0.2) is 44.7 Å². The fourth-order valence-corrected chi connectivity index (χ4v) is 5.08. The summed E-state index contributed by atoms with van der Waals surface area (Å²) in [5.41, 5.74) is 7.34. The summed E-state index contributed by atoms with van der Waals surface area (Å²) >= 11 is 0.819. The lowest BCUT2D eigenvalue weighted by molar-refractivity contribution is -0.122. The van der Waals surface area contributed by atoms with E-state index in [-0.39, 0.29) is 52.0 Å². The lowest BCUT2D eigenvalue weighted by atomic mass is 10.2. The Kier molecular flexibility index (Phi) is 8.35. The van der Waals surface area contributed by atoms with Gasteiger partial charge in [0.05, 0.1) is 12.0 Å². The summed E-state index contributed by atoms with van der Waals surface area (Å²) in [5.74, 6) is -0.238. The van der Waals surface area contributed by atoms with Crippen molar-refractivity contribution in [3.63, 3.8) is 0 Å². The number of thioether (sulfide) groups is 1. The van der Waals surface area contributed by atoms with Crippen LogP contribution in [0.25, 0.3) is 6.08 Å². The van der Waals surface area contributed by atoms with Crippen LogP contribution in [0.4, 0.5) is 4.79 Å². The third-order valence-corrected chi connectivity index (χ3v) is 6.81. The van der Waals surface area contributed by atoms with Crippen molar-refractivity contribution in [1.82, 2.24) is 4.90 Å². The first-order valence-electron chi connectivity index (χ1n) is 9.31. The van der Waals surface area contributed by atoms with Crippen LogP contribution in [0.5, 0.6) is 11.5 Å². The topological polar surface area (TPSA) is 116 Å². The lowest BCUT2D eigenvalue weighted by Gasteiger charge is -2.13. The summed E-state index contributed by atoms with van der Waals surface area (Å²) in [5, 5.41) is -0.381. The Morgan fingerprint density at radius 2 is 1.81 bits per heavy atom. The van der Waals surface area contributed by atoms with E-state index in [1.165, 1.54) is 25.3 Å². The Hall–Kier alpha value is -2.53. The molecule has 0 bridgehead atoms. The van der Waals surface area contributed by atoms with Gasteiger partial charge in [0.1, 0.15) is 4.90 Å².